The van der Waals surface area contributed by atoms with E-state index in [9.17, 15) is 9.90 Å². The molecule has 0 radical (unpaired) electrons. The number of allylic oxidation sites excluding steroid dienone is 3. The Bertz CT molecular complexity index is 646. The lowest BCUT2D eigenvalue weighted by atomic mass is 10.1. The van der Waals surface area contributed by atoms with Crippen LogP contribution in [0.3, 0.4) is 0 Å². The smallest absolute Gasteiger partial charge is 0.336 e. The lowest BCUT2D eigenvalue weighted by Gasteiger charge is -2.33. The molecule has 0 aliphatic carbocycles. The van der Waals surface area contributed by atoms with Crippen LogP contribution >= 0.6 is 50.7 Å². The molecule has 0 saturated carbocycles. The summed E-state index contributed by atoms with van der Waals surface area (Å²) in [7, 11) is 0. The molecule has 20 heavy (non-hydrogen) atoms. The molecule has 1 atom stereocenters. The summed E-state index contributed by atoms with van der Waals surface area (Å²) >= 11 is 21.6. The maximum atomic E-state index is 11.3. The van der Waals surface area contributed by atoms with Crippen molar-refractivity contribution in [1.29, 1.82) is 0 Å². The van der Waals surface area contributed by atoms with Crippen molar-refractivity contribution in [3.8, 4) is 0 Å². The van der Waals surface area contributed by atoms with Gasteiger partial charge in [-0.05, 0) is 35.0 Å². The summed E-state index contributed by atoms with van der Waals surface area (Å²) < 4.78 is 0.711. The number of hydrogen-bond acceptors (Lipinski definition) is 3. The van der Waals surface area contributed by atoms with Crippen molar-refractivity contribution in [2.45, 2.75) is 12.4 Å². The average Bonchev–Trinajstić information content (AvgIpc) is 2.30. The fourth-order valence-electron chi connectivity index (χ4n) is 1.82. The van der Waals surface area contributed by atoms with Crippen molar-refractivity contribution in [3.05, 3.63) is 44.1 Å². The third-order valence-electron chi connectivity index (χ3n) is 2.68. The van der Waals surface area contributed by atoms with Crippen LogP contribution in [-0.2, 0) is 4.79 Å². The van der Waals surface area contributed by atoms with Gasteiger partial charge in [0, 0.05) is 16.4 Å². The molecule has 2 rings (SSSR count). The van der Waals surface area contributed by atoms with Gasteiger partial charge in [0.05, 0.1) is 15.6 Å². The molecule has 0 saturated heterocycles. The Morgan fingerprint density at radius 2 is 2.15 bits per heavy atom. The quantitative estimate of drug-likeness (QED) is 0.594. The monoisotopic (exact) mass is 396 g/mol. The molecule has 1 N–H and O–H groups in total. The maximum absolute atomic E-state index is 11.3. The predicted octanol–water partition coefficient (Wildman–Crippen LogP) is 4.36. The number of halogens is 4. The third kappa shape index (κ3) is 2.81. The van der Waals surface area contributed by atoms with Crippen LogP contribution in [0.5, 0.6) is 0 Å². The van der Waals surface area contributed by atoms with Gasteiger partial charge in [-0.2, -0.15) is 0 Å². The molecule has 0 aromatic carbocycles. The zero-order chi connectivity index (χ0) is 15.0. The molecule has 1 aromatic rings. The molecular weight excluding hydrogens is 390 g/mol. The fraction of sp³-hybridized carbons (Fsp3) is 0.167. The van der Waals surface area contributed by atoms with E-state index in [0.717, 1.165) is 0 Å². The van der Waals surface area contributed by atoms with E-state index in [1.165, 1.54) is 11.0 Å². The fourth-order valence-corrected chi connectivity index (χ4v) is 3.39. The van der Waals surface area contributed by atoms with Gasteiger partial charge in [0.2, 0.25) is 0 Å². The average molecular weight is 398 g/mol. The molecule has 1 aliphatic rings. The Kier molecular flexibility index (Phi) is 4.64. The number of carboxylic acid groups (broad SMARTS) is 1. The van der Waals surface area contributed by atoms with Gasteiger partial charge in [0.15, 0.2) is 5.82 Å². The van der Waals surface area contributed by atoms with E-state index in [0.29, 0.717) is 21.0 Å². The summed E-state index contributed by atoms with van der Waals surface area (Å²) in [5.74, 6) is -0.816. The minimum atomic E-state index is -1.18. The summed E-state index contributed by atoms with van der Waals surface area (Å²) in [4.78, 5) is 17.0. The summed E-state index contributed by atoms with van der Waals surface area (Å²) in [5, 5.41) is 9.64. The highest BCUT2D eigenvalue weighted by atomic mass is 79.9. The number of hydrogen-bond donors (Lipinski definition) is 1. The van der Waals surface area contributed by atoms with Gasteiger partial charge in [-0.1, -0.05) is 34.8 Å². The first kappa shape index (κ1) is 15.6. The number of anilines is 1. The molecule has 0 spiro atoms. The van der Waals surface area contributed by atoms with Gasteiger partial charge in [-0.25, -0.2) is 9.78 Å². The lowest BCUT2D eigenvalue weighted by Crippen LogP contribution is -2.37. The highest BCUT2D eigenvalue weighted by molar-refractivity contribution is 9.10. The van der Waals surface area contributed by atoms with Crippen LogP contribution in [0.2, 0.25) is 5.02 Å². The molecule has 0 fully saturated rings. The van der Waals surface area contributed by atoms with E-state index < -0.39 is 11.5 Å². The number of alkyl halides is 1. The van der Waals surface area contributed by atoms with Gasteiger partial charge >= 0.3 is 5.97 Å². The minimum absolute atomic E-state index is 0.0967. The Labute approximate surface area is 138 Å². The standard InChI is InChI=1S/C12H8BrCl3N2O2/c1-5-2-7(14)9(12(19)20)10(16)18(5)11-8(15)3-6(13)4-17-11/h2-4,10H,1H3,(H,19,20). The Hall–Kier alpha value is -0.750. The first-order valence-corrected chi connectivity index (χ1v) is 7.37. The number of nitrogens with zero attached hydrogens (tertiary/aromatic N) is 2. The van der Waals surface area contributed by atoms with Crippen molar-refractivity contribution in [1.82, 2.24) is 4.98 Å². The van der Waals surface area contributed by atoms with Crippen LogP contribution in [0.1, 0.15) is 6.92 Å². The lowest BCUT2D eigenvalue weighted by molar-refractivity contribution is -0.132. The molecule has 1 aromatic heterocycles. The summed E-state index contributed by atoms with van der Waals surface area (Å²) in [6.45, 7) is 1.75. The van der Waals surface area contributed by atoms with Crippen molar-refractivity contribution in [2.75, 3.05) is 4.90 Å². The highest BCUT2D eigenvalue weighted by Gasteiger charge is 2.33. The van der Waals surface area contributed by atoms with E-state index >= 15 is 0 Å². The number of rotatable bonds is 2. The predicted molar refractivity (Wildman–Crippen MR) is 83.3 cm³/mol. The van der Waals surface area contributed by atoms with Crippen LogP contribution in [-0.4, -0.2) is 21.6 Å². The van der Waals surface area contributed by atoms with Crippen LogP contribution in [0, 0.1) is 0 Å². The zero-order valence-electron chi connectivity index (χ0n) is 10.1. The second-order valence-electron chi connectivity index (χ2n) is 4.02. The van der Waals surface area contributed by atoms with Crippen molar-refractivity contribution in [2.24, 2.45) is 0 Å². The Balaban J connectivity index is 2.54. The number of aromatic nitrogens is 1. The van der Waals surface area contributed by atoms with Gasteiger partial charge in [-0.15, -0.1) is 0 Å². The van der Waals surface area contributed by atoms with E-state index in [2.05, 4.69) is 20.9 Å². The molecule has 1 unspecified atom stereocenters. The second-order valence-corrected chi connectivity index (χ2v) is 6.16. The van der Waals surface area contributed by atoms with Crippen LogP contribution < -0.4 is 4.90 Å². The molecule has 106 valence electrons. The maximum Gasteiger partial charge on any atom is 0.336 e. The molecule has 0 amide bonds. The van der Waals surface area contributed by atoms with Crippen LogP contribution in [0.4, 0.5) is 5.82 Å². The molecule has 1 aliphatic heterocycles. The Morgan fingerprint density at radius 1 is 1.50 bits per heavy atom. The summed E-state index contributed by atoms with van der Waals surface area (Å²) in [6, 6.07) is 1.65. The van der Waals surface area contributed by atoms with Gasteiger partial charge in [-0.3, -0.25) is 0 Å². The topological polar surface area (TPSA) is 53.4 Å². The van der Waals surface area contributed by atoms with Crippen LogP contribution in [0.25, 0.3) is 0 Å². The first-order chi connectivity index (χ1) is 9.32. The summed E-state index contributed by atoms with van der Waals surface area (Å²) in [6.07, 6.45) is 3.07. The highest BCUT2D eigenvalue weighted by Crippen LogP contribution is 2.37. The Morgan fingerprint density at radius 3 is 2.70 bits per heavy atom. The molecule has 2 heterocycles. The molecule has 4 nitrogen and oxygen atoms in total. The number of pyridine rings is 1. The SMILES string of the molecule is CC1=CC(Cl)=C(C(=O)O)C(Cl)N1c1ncc(Br)cc1Cl. The summed E-state index contributed by atoms with van der Waals surface area (Å²) in [5.41, 5.74) is -0.451. The number of carboxylic acids is 1. The van der Waals surface area contributed by atoms with E-state index in [1.807, 2.05) is 0 Å². The van der Waals surface area contributed by atoms with Crippen LogP contribution in [0.15, 0.2) is 39.1 Å². The van der Waals surface area contributed by atoms with Crippen molar-refractivity contribution < 1.29 is 9.90 Å². The molecule has 8 heteroatoms. The van der Waals surface area contributed by atoms with E-state index in [-0.39, 0.29) is 10.6 Å². The largest absolute Gasteiger partial charge is 0.478 e. The molecular formula is C12H8BrCl3N2O2. The zero-order valence-corrected chi connectivity index (χ0v) is 13.9. The van der Waals surface area contributed by atoms with Gasteiger partial charge in [0.25, 0.3) is 0 Å². The number of aliphatic carboxylic acids is 1. The first-order valence-electron chi connectivity index (χ1n) is 5.38. The van der Waals surface area contributed by atoms with E-state index in [1.54, 1.807) is 19.2 Å². The van der Waals surface area contributed by atoms with E-state index in [4.69, 9.17) is 34.8 Å². The van der Waals surface area contributed by atoms with Gasteiger partial charge in [0.1, 0.15) is 5.50 Å². The third-order valence-corrected chi connectivity index (χ3v) is 4.12. The normalized spacial score (nSPS) is 19.1. The van der Waals surface area contributed by atoms with Crippen molar-refractivity contribution >= 4 is 62.5 Å². The van der Waals surface area contributed by atoms with Crippen molar-refractivity contribution in [3.63, 3.8) is 0 Å². The van der Waals surface area contributed by atoms with Gasteiger partial charge < -0.3 is 10.0 Å². The molecule has 0 bridgehead atoms. The minimum Gasteiger partial charge on any atom is -0.478 e. The second kappa shape index (κ2) is 5.93. The number of carbonyl (C=O) groups is 1.